The molecule has 0 aromatic rings. The minimum atomic E-state index is -3.10. The number of sulfonamides is 1. The fraction of sp³-hybridized carbons (Fsp3) is 0.750. The number of nitrogens with one attached hydrogen (secondary N) is 1. The Morgan fingerprint density at radius 1 is 1.56 bits per heavy atom. The van der Waals surface area contributed by atoms with Crippen molar-refractivity contribution in [3.63, 3.8) is 0 Å². The monoisotopic (exact) mass is 274 g/mol. The van der Waals surface area contributed by atoms with Crippen LogP contribution in [0.25, 0.3) is 0 Å². The largest absolute Gasteiger partial charge is 0.352 e. The minimum Gasteiger partial charge on any atom is -0.352 e. The lowest BCUT2D eigenvalue weighted by atomic mass is 10.1. The fourth-order valence-electron chi connectivity index (χ4n) is 1.99. The van der Waals surface area contributed by atoms with Crippen LogP contribution in [0.4, 0.5) is 0 Å². The first-order valence-corrected chi connectivity index (χ1v) is 7.98. The van der Waals surface area contributed by atoms with E-state index in [9.17, 15) is 13.2 Å². The molecule has 6 heteroatoms. The first-order chi connectivity index (χ1) is 8.49. The third-order valence-corrected chi connectivity index (χ3v) is 5.07. The van der Waals surface area contributed by atoms with Crippen LogP contribution in [0.15, 0.2) is 12.7 Å². The number of unbranched alkanes of at least 4 members (excludes halogenated alkanes) is 1. The van der Waals surface area contributed by atoms with Crippen LogP contribution in [-0.4, -0.2) is 44.0 Å². The Labute approximate surface area is 109 Å². The number of amides is 1. The normalized spacial score (nSPS) is 20.8. The molecule has 0 aromatic heterocycles. The van der Waals surface area contributed by atoms with E-state index in [0.29, 0.717) is 26.1 Å². The third-order valence-electron chi connectivity index (χ3n) is 3.15. The molecule has 18 heavy (non-hydrogen) atoms. The molecule has 1 aliphatic rings. The molecule has 1 atom stereocenters. The van der Waals surface area contributed by atoms with Crippen LogP contribution < -0.4 is 5.32 Å². The van der Waals surface area contributed by atoms with Gasteiger partial charge in [-0.2, -0.15) is 0 Å². The summed E-state index contributed by atoms with van der Waals surface area (Å²) in [7, 11) is -3.10. The van der Waals surface area contributed by atoms with E-state index in [-0.39, 0.29) is 17.6 Å². The van der Waals surface area contributed by atoms with Gasteiger partial charge in [-0.1, -0.05) is 19.9 Å². The van der Waals surface area contributed by atoms with Crippen LogP contribution in [0.5, 0.6) is 0 Å². The standard InChI is InChI=1S/C12H22N2O3S/c1-3-5-8-18(16,17)14-7-6-11(10-14)9-13-12(15)4-2/h4,11H,2-3,5-10H2,1H3,(H,13,15)/t11-/m1/s1. The number of rotatable bonds is 7. The molecule has 1 heterocycles. The summed E-state index contributed by atoms with van der Waals surface area (Å²) in [6.07, 6.45) is 3.62. The molecule has 1 aliphatic heterocycles. The fourth-order valence-corrected chi connectivity index (χ4v) is 3.72. The molecule has 0 spiro atoms. The minimum absolute atomic E-state index is 0.206. The molecule has 1 amide bonds. The second kappa shape index (κ2) is 6.89. The Morgan fingerprint density at radius 3 is 2.89 bits per heavy atom. The van der Waals surface area contributed by atoms with Crippen LogP contribution in [-0.2, 0) is 14.8 Å². The van der Waals surface area contributed by atoms with Crippen molar-refractivity contribution in [1.29, 1.82) is 0 Å². The van der Waals surface area contributed by atoms with Gasteiger partial charge in [-0.3, -0.25) is 4.79 Å². The topological polar surface area (TPSA) is 66.5 Å². The van der Waals surface area contributed by atoms with Gasteiger partial charge in [0.2, 0.25) is 15.9 Å². The zero-order valence-electron chi connectivity index (χ0n) is 10.9. The molecule has 0 aliphatic carbocycles. The van der Waals surface area contributed by atoms with Gasteiger partial charge in [-0.25, -0.2) is 12.7 Å². The zero-order valence-corrected chi connectivity index (χ0v) is 11.7. The highest BCUT2D eigenvalue weighted by Gasteiger charge is 2.30. The summed E-state index contributed by atoms with van der Waals surface area (Å²) in [6.45, 7) is 6.96. The first-order valence-electron chi connectivity index (χ1n) is 6.37. The number of hydrogen-bond donors (Lipinski definition) is 1. The van der Waals surface area contributed by atoms with Gasteiger partial charge in [0.1, 0.15) is 0 Å². The van der Waals surface area contributed by atoms with E-state index < -0.39 is 10.0 Å². The SMILES string of the molecule is C=CC(=O)NC[C@H]1CCN(S(=O)(=O)CCCC)C1. The summed E-state index contributed by atoms with van der Waals surface area (Å²) in [5.41, 5.74) is 0. The van der Waals surface area contributed by atoms with Crippen molar-refractivity contribution in [2.45, 2.75) is 26.2 Å². The van der Waals surface area contributed by atoms with Gasteiger partial charge in [-0.05, 0) is 24.8 Å². The van der Waals surface area contributed by atoms with Gasteiger partial charge in [-0.15, -0.1) is 0 Å². The van der Waals surface area contributed by atoms with Crippen LogP contribution in [0, 0.1) is 5.92 Å². The highest BCUT2D eigenvalue weighted by atomic mass is 32.2. The van der Waals surface area contributed by atoms with E-state index >= 15 is 0 Å². The quantitative estimate of drug-likeness (QED) is 0.696. The van der Waals surface area contributed by atoms with Crippen LogP contribution in [0.2, 0.25) is 0 Å². The molecule has 0 radical (unpaired) electrons. The molecule has 5 nitrogen and oxygen atoms in total. The van der Waals surface area contributed by atoms with Crippen molar-refractivity contribution < 1.29 is 13.2 Å². The number of hydrogen-bond acceptors (Lipinski definition) is 3. The van der Waals surface area contributed by atoms with Crippen molar-refractivity contribution >= 4 is 15.9 Å². The molecule has 1 saturated heterocycles. The maximum Gasteiger partial charge on any atom is 0.243 e. The molecular formula is C12H22N2O3S. The van der Waals surface area contributed by atoms with Gasteiger partial charge >= 0.3 is 0 Å². The van der Waals surface area contributed by atoms with E-state index in [4.69, 9.17) is 0 Å². The predicted molar refractivity (Wildman–Crippen MR) is 71.6 cm³/mol. The average molecular weight is 274 g/mol. The summed E-state index contributed by atoms with van der Waals surface area (Å²) >= 11 is 0. The zero-order chi connectivity index (χ0) is 13.6. The van der Waals surface area contributed by atoms with Crippen molar-refractivity contribution in [3.05, 3.63) is 12.7 Å². The molecule has 0 saturated carbocycles. The average Bonchev–Trinajstić information content (AvgIpc) is 2.83. The molecule has 0 aromatic carbocycles. The maximum absolute atomic E-state index is 12.0. The lowest BCUT2D eigenvalue weighted by Crippen LogP contribution is -2.33. The first kappa shape index (κ1) is 15.2. The Hall–Kier alpha value is -0.880. The van der Waals surface area contributed by atoms with Gasteiger partial charge in [0.15, 0.2) is 0 Å². The van der Waals surface area contributed by atoms with E-state index in [1.54, 1.807) is 4.31 Å². The van der Waals surface area contributed by atoms with E-state index in [0.717, 1.165) is 12.8 Å². The molecule has 1 fully saturated rings. The van der Waals surface area contributed by atoms with Gasteiger partial charge in [0, 0.05) is 19.6 Å². The Morgan fingerprint density at radius 2 is 2.28 bits per heavy atom. The van der Waals surface area contributed by atoms with Gasteiger partial charge < -0.3 is 5.32 Å². The van der Waals surface area contributed by atoms with Gasteiger partial charge in [0.05, 0.1) is 5.75 Å². The molecular weight excluding hydrogens is 252 g/mol. The van der Waals surface area contributed by atoms with Crippen LogP contribution >= 0.6 is 0 Å². The highest BCUT2D eigenvalue weighted by molar-refractivity contribution is 7.89. The number of nitrogens with zero attached hydrogens (tertiary/aromatic N) is 1. The van der Waals surface area contributed by atoms with Gasteiger partial charge in [0.25, 0.3) is 0 Å². The second-order valence-corrected chi connectivity index (χ2v) is 6.72. The van der Waals surface area contributed by atoms with Crippen molar-refractivity contribution in [2.75, 3.05) is 25.4 Å². The smallest absolute Gasteiger partial charge is 0.243 e. The lowest BCUT2D eigenvalue weighted by molar-refractivity contribution is -0.116. The Bertz CT molecular complexity index is 392. The molecule has 0 bridgehead atoms. The summed E-state index contributed by atoms with van der Waals surface area (Å²) in [5.74, 6) is 0.238. The van der Waals surface area contributed by atoms with E-state index in [1.165, 1.54) is 6.08 Å². The summed E-state index contributed by atoms with van der Waals surface area (Å²) < 4.78 is 25.5. The van der Waals surface area contributed by atoms with Crippen molar-refractivity contribution in [3.8, 4) is 0 Å². The second-order valence-electron chi connectivity index (χ2n) is 4.63. The third kappa shape index (κ3) is 4.42. The van der Waals surface area contributed by atoms with Crippen LogP contribution in [0.1, 0.15) is 26.2 Å². The summed E-state index contributed by atoms with van der Waals surface area (Å²) in [6, 6.07) is 0. The molecule has 1 N–H and O–H groups in total. The lowest BCUT2D eigenvalue weighted by Gasteiger charge is -2.16. The molecule has 0 unspecified atom stereocenters. The maximum atomic E-state index is 12.0. The summed E-state index contributed by atoms with van der Waals surface area (Å²) in [4.78, 5) is 11.0. The van der Waals surface area contributed by atoms with E-state index in [2.05, 4.69) is 11.9 Å². The number of carbonyl (C=O) groups is 1. The molecule has 1 rings (SSSR count). The Kier molecular flexibility index (Phi) is 5.81. The van der Waals surface area contributed by atoms with Crippen LogP contribution in [0.3, 0.4) is 0 Å². The predicted octanol–water partition coefficient (Wildman–Crippen LogP) is 0.740. The highest BCUT2D eigenvalue weighted by Crippen LogP contribution is 2.19. The van der Waals surface area contributed by atoms with E-state index in [1.807, 2.05) is 6.92 Å². The van der Waals surface area contributed by atoms with Crippen molar-refractivity contribution in [1.82, 2.24) is 9.62 Å². The Balaban J connectivity index is 2.41. The molecule has 104 valence electrons. The summed E-state index contributed by atoms with van der Waals surface area (Å²) in [5, 5.41) is 2.71. The number of carbonyl (C=O) groups excluding carboxylic acids is 1. The van der Waals surface area contributed by atoms with Crippen molar-refractivity contribution in [2.24, 2.45) is 5.92 Å².